The summed E-state index contributed by atoms with van der Waals surface area (Å²) in [5.74, 6) is 2.27. The Morgan fingerprint density at radius 3 is 1.60 bits per heavy atom. The quantitative estimate of drug-likeness (QED) is 0.182. The second-order valence-electron chi connectivity index (χ2n) is 11.5. The van der Waals surface area contributed by atoms with Crippen molar-refractivity contribution in [3.05, 3.63) is 66.7 Å². The first-order chi connectivity index (χ1) is 22.9. The third kappa shape index (κ3) is 9.67. The first kappa shape index (κ1) is 35.2. The number of piperidine rings is 1. The summed E-state index contributed by atoms with van der Waals surface area (Å²) in [7, 11) is 0. The Morgan fingerprint density at radius 2 is 1.19 bits per heavy atom. The van der Waals surface area contributed by atoms with Crippen LogP contribution in [0.15, 0.2) is 66.7 Å². The summed E-state index contributed by atoms with van der Waals surface area (Å²) in [6, 6.07) is 22.2. The van der Waals surface area contributed by atoms with Crippen LogP contribution in [0.25, 0.3) is 34.2 Å². The minimum atomic E-state index is 0.0112. The zero-order chi connectivity index (χ0) is 33.6. The molecule has 0 spiro atoms. The maximum atomic E-state index is 10.9. The predicted molar refractivity (Wildman–Crippen MR) is 190 cm³/mol. The van der Waals surface area contributed by atoms with E-state index in [-0.39, 0.29) is 11.9 Å². The molecular formula is C38H49N5O4. The molecule has 2 fully saturated rings. The standard InChI is InChI=1S/C33H37N5O2.C3H6O2.C2H6/c1-23(2)40-28-16-17-29(30(39)22-28)33-35-31(24-8-12-26(13-9-24)37-18-4-3-5-19-37)34-32(36-33)25-10-14-27(15-11-25)38-20-6-7-21-38;1-2-5-3-4;1-2/h8-17,22-23,39H,3-7,18-21H2,1-2H3;3H,2H2,1H3;1-2H3. The number of aromatic hydroxyl groups is 1. The lowest BCUT2D eigenvalue weighted by atomic mass is 10.1. The maximum absolute atomic E-state index is 10.9. The molecule has 0 bridgehead atoms. The first-order valence-electron chi connectivity index (χ1n) is 17.0. The molecule has 9 nitrogen and oxygen atoms in total. The second kappa shape index (κ2) is 17.9. The Morgan fingerprint density at radius 1 is 0.723 bits per heavy atom. The lowest BCUT2D eigenvalue weighted by Gasteiger charge is -2.28. The van der Waals surface area contributed by atoms with Crippen molar-refractivity contribution in [2.24, 2.45) is 0 Å². The van der Waals surface area contributed by atoms with Crippen molar-refractivity contribution in [1.29, 1.82) is 0 Å². The monoisotopic (exact) mass is 639 g/mol. The highest BCUT2D eigenvalue weighted by molar-refractivity contribution is 5.71. The topological polar surface area (TPSA) is 101 Å². The van der Waals surface area contributed by atoms with E-state index in [2.05, 4.69) is 63.1 Å². The van der Waals surface area contributed by atoms with E-state index in [1.807, 2.05) is 39.8 Å². The summed E-state index contributed by atoms with van der Waals surface area (Å²) < 4.78 is 9.92. The molecule has 0 unspecified atom stereocenters. The zero-order valence-electron chi connectivity index (χ0n) is 28.5. The fourth-order valence-corrected chi connectivity index (χ4v) is 5.64. The van der Waals surface area contributed by atoms with E-state index in [9.17, 15) is 9.90 Å². The van der Waals surface area contributed by atoms with Crippen LogP contribution >= 0.6 is 0 Å². The van der Waals surface area contributed by atoms with Gasteiger partial charge in [-0.2, -0.15) is 0 Å². The van der Waals surface area contributed by atoms with Gasteiger partial charge in [-0.3, -0.25) is 4.79 Å². The number of carbonyl (C=O) groups is 1. The number of anilines is 2. The van der Waals surface area contributed by atoms with Crippen molar-refractivity contribution in [1.82, 2.24) is 15.0 Å². The van der Waals surface area contributed by atoms with Crippen LogP contribution in [0.1, 0.15) is 66.7 Å². The Bertz CT molecular complexity index is 1530. The largest absolute Gasteiger partial charge is 0.507 e. The number of hydrogen-bond acceptors (Lipinski definition) is 9. The van der Waals surface area contributed by atoms with E-state index in [0.717, 1.165) is 37.3 Å². The minimum Gasteiger partial charge on any atom is -0.507 e. The summed E-state index contributed by atoms with van der Waals surface area (Å²) >= 11 is 0. The molecule has 0 saturated carbocycles. The number of nitrogens with zero attached hydrogens (tertiary/aromatic N) is 5. The van der Waals surface area contributed by atoms with Gasteiger partial charge in [0.05, 0.1) is 18.3 Å². The molecule has 1 N–H and O–H groups in total. The third-order valence-corrected chi connectivity index (χ3v) is 7.90. The molecule has 3 aromatic carbocycles. The van der Waals surface area contributed by atoms with Gasteiger partial charge < -0.3 is 24.4 Å². The highest BCUT2D eigenvalue weighted by Crippen LogP contribution is 2.34. The smallest absolute Gasteiger partial charge is 0.293 e. The molecule has 250 valence electrons. The van der Waals surface area contributed by atoms with Gasteiger partial charge in [0.15, 0.2) is 17.5 Å². The molecule has 0 amide bonds. The van der Waals surface area contributed by atoms with Crippen LogP contribution in [0.5, 0.6) is 11.5 Å². The van der Waals surface area contributed by atoms with Crippen molar-refractivity contribution in [2.75, 3.05) is 42.6 Å². The number of aromatic nitrogens is 3. The van der Waals surface area contributed by atoms with Crippen LogP contribution in [-0.4, -0.2) is 65.4 Å². The Balaban J connectivity index is 0.000000655. The molecule has 0 aliphatic carbocycles. The summed E-state index contributed by atoms with van der Waals surface area (Å²) in [4.78, 5) is 28.6. The summed E-state index contributed by atoms with van der Waals surface area (Å²) in [6.45, 7) is 15.0. The summed E-state index contributed by atoms with van der Waals surface area (Å²) in [5.41, 5.74) is 4.83. The van der Waals surface area contributed by atoms with E-state index in [1.165, 1.54) is 43.5 Å². The molecule has 1 aromatic heterocycles. The fraction of sp³-hybridized carbons (Fsp3) is 0.421. The van der Waals surface area contributed by atoms with Crippen LogP contribution in [0.4, 0.5) is 11.4 Å². The van der Waals surface area contributed by atoms with Crippen molar-refractivity contribution >= 4 is 17.8 Å². The Labute approximate surface area is 279 Å². The van der Waals surface area contributed by atoms with Gasteiger partial charge in [-0.05, 0) is 114 Å². The van der Waals surface area contributed by atoms with Gasteiger partial charge in [0.2, 0.25) is 0 Å². The molecular weight excluding hydrogens is 590 g/mol. The normalized spacial score (nSPS) is 14.1. The molecule has 9 heteroatoms. The van der Waals surface area contributed by atoms with E-state index in [0.29, 0.717) is 41.9 Å². The van der Waals surface area contributed by atoms with Crippen LogP contribution in [0, 0.1) is 0 Å². The highest BCUT2D eigenvalue weighted by Gasteiger charge is 2.18. The molecule has 4 aromatic rings. The van der Waals surface area contributed by atoms with Crippen molar-refractivity contribution < 1.29 is 19.4 Å². The van der Waals surface area contributed by atoms with Crippen LogP contribution in [0.3, 0.4) is 0 Å². The number of phenolic OH excluding ortho intramolecular Hbond substituents is 1. The minimum absolute atomic E-state index is 0.0112. The van der Waals surface area contributed by atoms with Crippen molar-refractivity contribution in [2.45, 2.75) is 72.8 Å². The Hall–Kier alpha value is -4.66. The third-order valence-electron chi connectivity index (χ3n) is 7.90. The molecule has 6 rings (SSSR count). The van der Waals surface area contributed by atoms with Crippen LogP contribution in [-0.2, 0) is 9.53 Å². The number of carbonyl (C=O) groups excluding carboxylic acids is 1. The van der Waals surface area contributed by atoms with Gasteiger partial charge in [0.1, 0.15) is 11.5 Å². The van der Waals surface area contributed by atoms with Gasteiger partial charge in [-0.1, -0.05) is 13.8 Å². The molecule has 47 heavy (non-hydrogen) atoms. The zero-order valence-corrected chi connectivity index (χ0v) is 28.5. The molecule has 2 saturated heterocycles. The summed E-state index contributed by atoms with van der Waals surface area (Å²) in [6.07, 6.45) is 6.27. The second-order valence-corrected chi connectivity index (χ2v) is 11.5. The molecule has 0 radical (unpaired) electrons. The van der Waals surface area contributed by atoms with E-state index >= 15 is 0 Å². The van der Waals surface area contributed by atoms with Gasteiger partial charge in [0.25, 0.3) is 6.47 Å². The van der Waals surface area contributed by atoms with E-state index < -0.39 is 0 Å². The van der Waals surface area contributed by atoms with Gasteiger partial charge in [-0.25, -0.2) is 15.0 Å². The number of benzene rings is 3. The van der Waals surface area contributed by atoms with Gasteiger partial charge in [0, 0.05) is 54.7 Å². The van der Waals surface area contributed by atoms with E-state index in [1.54, 1.807) is 13.0 Å². The van der Waals surface area contributed by atoms with Crippen LogP contribution < -0.4 is 14.5 Å². The average molecular weight is 640 g/mol. The fourth-order valence-electron chi connectivity index (χ4n) is 5.64. The molecule has 2 aliphatic heterocycles. The van der Waals surface area contributed by atoms with Gasteiger partial charge in [-0.15, -0.1) is 0 Å². The van der Waals surface area contributed by atoms with Crippen molar-refractivity contribution in [3.63, 3.8) is 0 Å². The highest BCUT2D eigenvalue weighted by atomic mass is 16.5. The van der Waals surface area contributed by atoms with Gasteiger partial charge >= 0.3 is 0 Å². The number of rotatable bonds is 9. The first-order valence-corrected chi connectivity index (χ1v) is 17.0. The molecule has 0 atom stereocenters. The lowest BCUT2D eigenvalue weighted by molar-refractivity contribution is -0.128. The number of ether oxygens (including phenoxy) is 2. The number of hydrogen-bond donors (Lipinski definition) is 1. The molecule has 3 heterocycles. The predicted octanol–water partition coefficient (Wildman–Crippen LogP) is 8.16. The molecule has 2 aliphatic rings. The lowest BCUT2D eigenvalue weighted by Crippen LogP contribution is -2.29. The average Bonchev–Trinajstić information content (AvgIpc) is 3.65. The number of phenols is 1. The SMILES string of the molecule is CC.CC(C)Oc1ccc(-c2nc(-c3ccc(N4CCCCC4)cc3)nc(-c3ccc(N4CCCC4)cc3)n2)c(O)c1.CCOC=O. The maximum Gasteiger partial charge on any atom is 0.293 e. The van der Waals surface area contributed by atoms with Crippen LogP contribution in [0.2, 0.25) is 0 Å². The summed E-state index contributed by atoms with van der Waals surface area (Å²) in [5, 5.41) is 10.9. The van der Waals surface area contributed by atoms with Crippen molar-refractivity contribution in [3.8, 4) is 45.7 Å². The van der Waals surface area contributed by atoms with E-state index in [4.69, 9.17) is 19.7 Å². The Kier molecular flexibility index (Phi) is 13.4.